The van der Waals surface area contributed by atoms with E-state index >= 15 is 0 Å². The predicted molar refractivity (Wildman–Crippen MR) is 97.4 cm³/mol. The number of pyridine rings is 2. The highest BCUT2D eigenvalue weighted by molar-refractivity contribution is 6.15. The molecule has 0 aliphatic carbocycles. The summed E-state index contributed by atoms with van der Waals surface area (Å²) in [4.78, 5) is 21.1. The van der Waals surface area contributed by atoms with Gasteiger partial charge in [0.25, 0.3) is 0 Å². The monoisotopic (exact) mass is 308 g/mol. The van der Waals surface area contributed by atoms with Crippen molar-refractivity contribution >= 4 is 49.9 Å². The zero-order valence-electron chi connectivity index (χ0n) is 12.7. The molecule has 0 unspecified atom stereocenters. The summed E-state index contributed by atoms with van der Waals surface area (Å²) in [6, 6.07) is 21.9. The number of nitrogens with zero attached hydrogens (tertiary/aromatic N) is 2. The van der Waals surface area contributed by atoms with Gasteiger partial charge in [0.05, 0.1) is 22.1 Å². The predicted octanol–water partition coefficient (Wildman–Crippen LogP) is 4.90. The van der Waals surface area contributed by atoms with Gasteiger partial charge in [-0.05, 0) is 30.3 Å². The molecular formula is C21H12N2O. The summed E-state index contributed by atoms with van der Waals surface area (Å²) in [5, 5.41) is 3.94. The Kier molecular flexibility index (Phi) is 2.65. The Morgan fingerprint density at radius 2 is 1.29 bits per heavy atom. The van der Waals surface area contributed by atoms with E-state index in [9.17, 15) is 4.79 Å². The van der Waals surface area contributed by atoms with Crippen LogP contribution in [0.3, 0.4) is 0 Å². The number of hydrogen-bond acceptors (Lipinski definition) is 3. The van der Waals surface area contributed by atoms with Crippen LogP contribution in [0.25, 0.3) is 43.6 Å². The third kappa shape index (κ3) is 1.82. The van der Waals surface area contributed by atoms with Crippen LogP contribution >= 0.6 is 0 Å². The normalized spacial score (nSPS) is 11.5. The van der Waals surface area contributed by atoms with E-state index in [2.05, 4.69) is 6.07 Å². The first kappa shape index (κ1) is 13.1. The Labute approximate surface area is 137 Å². The Bertz CT molecular complexity index is 1270. The summed E-state index contributed by atoms with van der Waals surface area (Å²) in [5.74, 6) is 0. The van der Waals surface area contributed by atoms with Crippen molar-refractivity contribution in [3.8, 4) is 0 Å². The number of carbonyl (C=O) groups is 1. The molecule has 3 aromatic carbocycles. The highest BCUT2D eigenvalue weighted by Gasteiger charge is 2.11. The first-order valence-electron chi connectivity index (χ1n) is 7.81. The topological polar surface area (TPSA) is 42.9 Å². The molecule has 0 N–H and O–H groups in total. The van der Waals surface area contributed by atoms with E-state index in [0.717, 1.165) is 49.9 Å². The third-order valence-electron chi connectivity index (χ3n) is 4.46. The molecule has 24 heavy (non-hydrogen) atoms. The van der Waals surface area contributed by atoms with Crippen LogP contribution in [0.4, 0.5) is 0 Å². The van der Waals surface area contributed by atoms with E-state index in [1.807, 2.05) is 60.7 Å². The molecule has 5 aromatic rings. The molecule has 5 rings (SSSR count). The first-order valence-corrected chi connectivity index (χ1v) is 7.81. The van der Waals surface area contributed by atoms with E-state index in [4.69, 9.17) is 9.97 Å². The van der Waals surface area contributed by atoms with Crippen molar-refractivity contribution in [1.29, 1.82) is 0 Å². The largest absolute Gasteiger partial charge is 0.298 e. The van der Waals surface area contributed by atoms with Gasteiger partial charge in [-0.15, -0.1) is 0 Å². The standard InChI is InChI=1S/C21H12N2O/c24-12-15-11-20-17(10-14-6-1-3-7-18(14)22-20)21-16(15)9-13-5-2-4-8-19(13)23-21/h1-12H. The number of hydrogen-bond donors (Lipinski definition) is 0. The lowest BCUT2D eigenvalue weighted by Gasteiger charge is -2.09. The number of para-hydroxylation sites is 2. The summed E-state index contributed by atoms with van der Waals surface area (Å²) in [6.07, 6.45) is 0.884. The van der Waals surface area contributed by atoms with Gasteiger partial charge in [-0.1, -0.05) is 36.4 Å². The average molecular weight is 308 g/mol. The van der Waals surface area contributed by atoms with Crippen LogP contribution in [0, 0.1) is 0 Å². The zero-order chi connectivity index (χ0) is 16.1. The smallest absolute Gasteiger partial charge is 0.150 e. The molecule has 0 amide bonds. The first-order chi connectivity index (χ1) is 11.8. The second kappa shape index (κ2) is 4.83. The summed E-state index contributed by atoms with van der Waals surface area (Å²) >= 11 is 0. The van der Waals surface area contributed by atoms with Gasteiger partial charge >= 0.3 is 0 Å². The zero-order valence-corrected chi connectivity index (χ0v) is 12.7. The second-order valence-electron chi connectivity index (χ2n) is 5.91. The van der Waals surface area contributed by atoms with Crippen molar-refractivity contribution in [2.75, 3.05) is 0 Å². The molecular weight excluding hydrogens is 296 g/mol. The fraction of sp³-hybridized carbons (Fsp3) is 0. The molecule has 0 atom stereocenters. The highest BCUT2D eigenvalue weighted by atomic mass is 16.1. The SMILES string of the molecule is O=Cc1cc2nc3ccccc3cc2c2nc3ccccc3cc12. The van der Waals surface area contributed by atoms with E-state index in [1.165, 1.54) is 0 Å². The lowest BCUT2D eigenvalue weighted by Crippen LogP contribution is -1.92. The van der Waals surface area contributed by atoms with Crippen molar-refractivity contribution in [2.45, 2.75) is 0 Å². The fourth-order valence-electron chi connectivity index (χ4n) is 3.29. The van der Waals surface area contributed by atoms with Gasteiger partial charge < -0.3 is 0 Å². The number of carbonyl (C=O) groups excluding carboxylic acids is 1. The maximum atomic E-state index is 11.6. The minimum Gasteiger partial charge on any atom is -0.298 e. The number of benzene rings is 3. The molecule has 112 valence electrons. The quantitative estimate of drug-likeness (QED) is 0.251. The van der Waals surface area contributed by atoms with Crippen LogP contribution < -0.4 is 0 Å². The van der Waals surface area contributed by atoms with Crippen molar-refractivity contribution in [2.24, 2.45) is 0 Å². The van der Waals surface area contributed by atoms with Crippen molar-refractivity contribution in [3.05, 3.63) is 72.3 Å². The van der Waals surface area contributed by atoms with Crippen molar-refractivity contribution in [1.82, 2.24) is 9.97 Å². The Morgan fingerprint density at radius 1 is 0.667 bits per heavy atom. The second-order valence-corrected chi connectivity index (χ2v) is 5.91. The summed E-state index contributed by atoms with van der Waals surface area (Å²) in [6.45, 7) is 0. The molecule has 3 nitrogen and oxygen atoms in total. The summed E-state index contributed by atoms with van der Waals surface area (Å²) < 4.78 is 0. The molecule has 0 saturated carbocycles. The van der Waals surface area contributed by atoms with Crippen LogP contribution in [0.1, 0.15) is 10.4 Å². The van der Waals surface area contributed by atoms with Gasteiger partial charge in [0.2, 0.25) is 0 Å². The average Bonchev–Trinajstić information content (AvgIpc) is 2.64. The van der Waals surface area contributed by atoms with Crippen LogP contribution in [-0.4, -0.2) is 16.3 Å². The Balaban J connectivity index is 2.05. The van der Waals surface area contributed by atoms with E-state index in [0.29, 0.717) is 5.56 Å². The maximum absolute atomic E-state index is 11.6. The lowest BCUT2D eigenvalue weighted by molar-refractivity contribution is 0.112. The van der Waals surface area contributed by atoms with Crippen LogP contribution in [0.15, 0.2) is 66.7 Å². The minimum absolute atomic E-state index is 0.624. The third-order valence-corrected chi connectivity index (χ3v) is 4.46. The molecule has 0 spiro atoms. The summed E-state index contributed by atoms with van der Waals surface area (Å²) in [7, 11) is 0. The van der Waals surface area contributed by atoms with Gasteiger partial charge in [-0.3, -0.25) is 4.79 Å². The number of aldehydes is 1. The molecule has 2 aromatic heterocycles. The van der Waals surface area contributed by atoms with Crippen LogP contribution in [-0.2, 0) is 0 Å². The molecule has 3 heteroatoms. The summed E-state index contributed by atoms with van der Waals surface area (Å²) in [5.41, 5.74) is 4.08. The lowest BCUT2D eigenvalue weighted by atomic mass is 10.0. The number of fused-ring (bicyclic) bond motifs is 5. The molecule has 0 aliphatic rings. The molecule has 0 radical (unpaired) electrons. The maximum Gasteiger partial charge on any atom is 0.150 e. The van der Waals surface area contributed by atoms with Crippen LogP contribution in [0.2, 0.25) is 0 Å². The van der Waals surface area contributed by atoms with Crippen LogP contribution in [0.5, 0.6) is 0 Å². The van der Waals surface area contributed by atoms with Gasteiger partial charge in [0.15, 0.2) is 6.29 Å². The number of aromatic nitrogens is 2. The van der Waals surface area contributed by atoms with Gasteiger partial charge in [-0.25, -0.2) is 9.97 Å². The number of rotatable bonds is 1. The van der Waals surface area contributed by atoms with E-state index < -0.39 is 0 Å². The highest BCUT2D eigenvalue weighted by Crippen LogP contribution is 2.30. The van der Waals surface area contributed by atoms with Gasteiger partial charge in [0, 0.05) is 27.1 Å². The van der Waals surface area contributed by atoms with Crippen molar-refractivity contribution in [3.63, 3.8) is 0 Å². The van der Waals surface area contributed by atoms with Gasteiger partial charge in [0.1, 0.15) is 0 Å². The van der Waals surface area contributed by atoms with E-state index in [-0.39, 0.29) is 0 Å². The minimum atomic E-state index is 0.624. The Hall–Kier alpha value is -3.33. The molecule has 0 fully saturated rings. The Morgan fingerprint density at radius 3 is 2.00 bits per heavy atom. The molecule has 0 saturated heterocycles. The van der Waals surface area contributed by atoms with Gasteiger partial charge in [-0.2, -0.15) is 0 Å². The van der Waals surface area contributed by atoms with E-state index in [1.54, 1.807) is 0 Å². The molecule has 2 heterocycles. The molecule has 0 bridgehead atoms. The fourth-order valence-corrected chi connectivity index (χ4v) is 3.29. The van der Waals surface area contributed by atoms with Crippen molar-refractivity contribution < 1.29 is 4.79 Å². The molecule has 0 aliphatic heterocycles.